The minimum Gasteiger partial charge on any atom is -0.354 e. The second kappa shape index (κ2) is 8.80. The molecule has 5 rings (SSSR count). The van der Waals surface area contributed by atoms with Gasteiger partial charge in [0.2, 0.25) is 5.95 Å². The Hall–Kier alpha value is -3.72. The molecule has 0 saturated carbocycles. The van der Waals surface area contributed by atoms with Crippen molar-refractivity contribution in [2.24, 2.45) is 0 Å². The molecule has 1 atom stereocenters. The number of anilines is 5. The monoisotopic (exact) mass is 429 g/mol. The Labute approximate surface area is 187 Å². The molecule has 0 spiro atoms. The van der Waals surface area contributed by atoms with E-state index in [4.69, 9.17) is 9.97 Å². The Morgan fingerprint density at radius 3 is 2.84 bits per heavy atom. The van der Waals surface area contributed by atoms with Crippen LogP contribution in [0.25, 0.3) is 5.65 Å². The van der Waals surface area contributed by atoms with Crippen LogP contribution in [-0.4, -0.2) is 50.0 Å². The van der Waals surface area contributed by atoms with E-state index in [1.807, 2.05) is 53.3 Å². The van der Waals surface area contributed by atoms with E-state index in [1.54, 1.807) is 6.20 Å². The highest BCUT2D eigenvalue weighted by Gasteiger charge is 2.19. The van der Waals surface area contributed by atoms with Gasteiger partial charge in [0.15, 0.2) is 0 Å². The summed E-state index contributed by atoms with van der Waals surface area (Å²) >= 11 is 0. The SMILES string of the molecule is CCc1ccnc(Nc2nc(Nc3ccn4ccnc4c3)cc(N3CCNC(C)C3)n2)c1. The topological polar surface area (TPSA) is 95.3 Å². The summed E-state index contributed by atoms with van der Waals surface area (Å²) < 4.78 is 1.97. The number of fused-ring (bicyclic) bond motifs is 1. The first-order valence-electron chi connectivity index (χ1n) is 11.0. The highest BCUT2D eigenvalue weighted by molar-refractivity contribution is 5.65. The van der Waals surface area contributed by atoms with Crippen LogP contribution in [0.3, 0.4) is 0 Å². The fourth-order valence-electron chi connectivity index (χ4n) is 3.87. The Morgan fingerprint density at radius 1 is 1.03 bits per heavy atom. The Bertz CT molecular complexity index is 1220. The summed E-state index contributed by atoms with van der Waals surface area (Å²) in [5, 5.41) is 10.2. The van der Waals surface area contributed by atoms with Gasteiger partial charge in [-0.25, -0.2) is 9.97 Å². The van der Waals surface area contributed by atoms with Crippen LogP contribution in [0, 0.1) is 0 Å². The predicted octanol–water partition coefficient (Wildman–Crippen LogP) is 3.37. The van der Waals surface area contributed by atoms with Crippen LogP contribution in [0.5, 0.6) is 0 Å². The molecule has 0 amide bonds. The van der Waals surface area contributed by atoms with E-state index in [0.717, 1.165) is 49.0 Å². The third-order valence-corrected chi connectivity index (χ3v) is 5.55. The average molecular weight is 430 g/mol. The van der Waals surface area contributed by atoms with Gasteiger partial charge in [-0.3, -0.25) is 0 Å². The number of imidazole rings is 1. The zero-order valence-electron chi connectivity index (χ0n) is 18.3. The minimum atomic E-state index is 0.400. The highest BCUT2D eigenvalue weighted by Crippen LogP contribution is 2.24. The van der Waals surface area contributed by atoms with Crippen molar-refractivity contribution >= 4 is 34.7 Å². The van der Waals surface area contributed by atoms with Crippen molar-refractivity contribution in [3.8, 4) is 0 Å². The molecule has 164 valence electrons. The number of rotatable bonds is 6. The maximum absolute atomic E-state index is 4.81. The zero-order valence-corrected chi connectivity index (χ0v) is 18.3. The molecular weight excluding hydrogens is 402 g/mol. The highest BCUT2D eigenvalue weighted by atomic mass is 15.3. The lowest BCUT2D eigenvalue weighted by Gasteiger charge is -2.33. The van der Waals surface area contributed by atoms with E-state index in [9.17, 15) is 0 Å². The molecule has 1 unspecified atom stereocenters. The zero-order chi connectivity index (χ0) is 21.9. The van der Waals surface area contributed by atoms with Gasteiger partial charge in [0.1, 0.15) is 23.1 Å². The van der Waals surface area contributed by atoms with Gasteiger partial charge in [-0.05, 0) is 37.1 Å². The van der Waals surface area contributed by atoms with E-state index in [-0.39, 0.29) is 0 Å². The summed E-state index contributed by atoms with van der Waals surface area (Å²) in [5.41, 5.74) is 3.00. The number of hydrogen-bond acceptors (Lipinski definition) is 8. The quantitative estimate of drug-likeness (QED) is 0.429. The van der Waals surface area contributed by atoms with Crippen LogP contribution in [0.4, 0.5) is 29.1 Å². The maximum atomic E-state index is 4.81. The Kier molecular flexibility index (Phi) is 5.55. The largest absolute Gasteiger partial charge is 0.354 e. The number of nitrogens with zero attached hydrogens (tertiary/aromatic N) is 6. The number of aryl methyl sites for hydroxylation is 1. The van der Waals surface area contributed by atoms with Gasteiger partial charge in [0, 0.05) is 68.3 Å². The molecule has 5 heterocycles. The summed E-state index contributed by atoms with van der Waals surface area (Å²) in [6.07, 6.45) is 8.44. The van der Waals surface area contributed by atoms with Crippen molar-refractivity contribution in [2.45, 2.75) is 26.3 Å². The molecule has 4 aromatic heterocycles. The lowest BCUT2D eigenvalue weighted by atomic mass is 10.2. The molecule has 0 bridgehead atoms. The Balaban J connectivity index is 1.47. The van der Waals surface area contributed by atoms with Gasteiger partial charge in [0.05, 0.1) is 0 Å². The van der Waals surface area contributed by atoms with Crippen LogP contribution < -0.4 is 20.9 Å². The summed E-state index contributed by atoms with van der Waals surface area (Å²) in [7, 11) is 0. The normalized spacial score (nSPS) is 16.3. The van der Waals surface area contributed by atoms with Gasteiger partial charge in [-0.2, -0.15) is 9.97 Å². The van der Waals surface area contributed by atoms with Crippen LogP contribution in [0.1, 0.15) is 19.4 Å². The molecule has 0 aromatic carbocycles. The van der Waals surface area contributed by atoms with Crippen molar-refractivity contribution in [3.63, 3.8) is 0 Å². The number of nitrogens with one attached hydrogen (secondary N) is 3. The van der Waals surface area contributed by atoms with Crippen molar-refractivity contribution in [1.29, 1.82) is 0 Å². The standard InChI is InChI=1S/C23H27N9/c1-3-17-4-6-25-19(12-17)28-23-29-20(14-22(30-23)32-11-7-24-16(2)15-32)27-18-5-9-31-10-8-26-21(31)13-18/h4-6,8-10,12-14,16,24H,3,7,11,15H2,1-2H3,(H2,25,27,28,29,30). The van der Waals surface area contributed by atoms with Crippen LogP contribution in [0.15, 0.2) is 55.1 Å². The van der Waals surface area contributed by atoms with E-state index in [2.05, 4.69) is 44.7 Å². The van der Waals surface area contributed by atoms with Crippen LogP contribution >= 0.6 is 0 Å². The summed E-state index contributed by atoms with van der Waals surface area (Å²) in [4.78, 5) is 20.6. The number of hydrogen-bond donors (Lipinski definition) is 3. The average Bonchev–Trinajstić information content (AvgIpc) is 3.27. The fraction of sp³-hybridized carbons (Fsp3) is 0.304. The minimum absolute atomic E-state index is 0.400. The van der Waals surface area contributed by atoms with Gasteiger partial charge < -0.3 is 25.3 Å². The number of piperazine rings is 1. The first-order valence-corrected chi connectivity index (χ1v) is 11.0. The summed E-state index contributed by atoms with van der Waals surface area (Å²) in [5.74, 6) is 2.84. The third-order valence-electron chi connectivity index (χ3n) is 5.55. The molecule has 4 aromatic rings. The van der Waals surface area contributed by atoms with Gasteiger partial charge in [-0.15, -0.1) is 0 Å². The molecule has 1 fully saturated rings. The van der Waals surface area contributed by atoms with Gasteiger partial charge in [0.25, 0.3) is 0 Å². The van der Waals surface area contributed by atoms with Crippen molar-refractivity contribution in [1.82, 2.24) is 29.7 Å². The number of pyridine rings is 2. The van der Waals surface area contributed by atoms with E-state index >= 15 is 0 Å². The molecule has 0 radical (unpaired) electrons. The predicted molar refractivity (Wildman–Crippen MR) is 127 cm³/mol. The summed E-state index contributed by atoms with van der Waals surface area (Å²) in [6.45, 7) is 7.02. The molecule has 32 heavy (non-hydrogen) atoms. The van der Waals surface area contributed by atoms with Gasteiger partial charge in [-0.1, -0.05) is 6.92 Å². The lowest BCUT2D eigenvalue weighted by Crippen LogP contribution is -2.49. The second-order valence-corrected chi connectivity index (χ2v) is 8.00. The molecule has 0 aliphatic carbocycles. The molecule has 9 nitrogen and oxygen atoms in total. The van der Waals surface area contributed by atoms with E-state index in [0.29, 0.717) is 17.8 Å². The first-order chi connectivity index (χ1) is 15.7. The van der Waals surface area contributed by atoms with Crippen LogP contribution in [-0.2, 0) is 6.42 Å². The lowest BCUT2D eigenvalue weighted by molar-refractivity contribution is 0.482. The fourth-order valence-corrected chi connectivity index (χ4v) is 3.87. The van der Waals surface area contributed by atoms with Crippen molar-refractivity contribution in [2.75, 3.05) is 35.2 Å². The van der Waals surface area contributed by atoms with Crippen molar-refractivity contribution < 1.29 is 0 Å². The van der Waals surface area contributed by atoms with Crippen molar-refractivity contribution in [3.05, 3.63) is 60.7 Å². The number of aromatic nitrogens is 5. The van der Waals surface area contributed by atoms with Crippen LogP contribution in [0.2, 0.25) is 0 Å². The molecule has 1 aliphatic rings. The first kappa shape index (κ1) is 20.2. The van der Waals surface area contributed by atoms with E-state index in [1.165, 1.54) is 5.56 Å². The second-order valence-electron chi connectivity index (χ2n) is 8.00. The molecule has 1 aliphatic heterocycles. The summed E-state index contributed by atoms with van der Waals surface area (Å²) in [6, 6.07) is 10.4. The Morgan fingerprint density at radius 2 is 1.97 bits per heavy atom. The smallest absolute Gasteiger partial charge is 0.232 e. The molecule has 9 heteroatoms. The molecule has 3 N–H and O–H groups in total. The van der Waals surface area contributed by atoms with E-state index < -0.39 is 0 Å². The third kappa shape index (κ3) is 4.47. The molecule has 1 saturated heterocycles. The van der Waals surface area contributed by atoms with Gasteiger partial charge >= 0.3 is 0 Å². The molecular formula is C23H27N9. The maximum Gasteiger partial charge on any atom is 0.232 e.